The number of rotatable bonds is 32. The van der Waals surface area contributed by atoms with Crippen molar-refractivity contribution in [1.82, 2.24) is 68.1 Å². The number of benzene rings is 2. The number of primary sulfonamides is 1. The van der Waals surface area contributed by atoms with E-state index in [0.717, 1.165) is 10.9 Å². The van der Waals surface area contributed by atoms with Gasteiger partial charge in [0.1, 0.15) is 54.9 Å². The molecule has 1 aliphatic heterocycles. The molecule has 3 heterocycles. The molecule has 0 aliphatic carbocycles. The SMILES string of the molecule is CCCCC(NC(=O)C(Cc1cnc[nH]1)NC(=O)COCCOCCNC(=O)CCCS(N)(=O)=O)C(=O)NC1CCC(=O)NCCCCC(C([NH3+])=O)NC(=O)C(Cc2c[nH]c3ccccc23)NC(=O)C(CCCN=C(N)N)NC(=O)C(Cc2ccccc2)NC(=O)C(CN)NC1=O. The molecule has 35 heteroatoms. The average Bonchev–Trinajstić information content (AvgIpc) is 1.74. The zero-order valence-corrected chi connectivity index (χ0v) is 55.3. The van der Waals surface area contributed by atoms with Crippen molar-refractivity contribution in [2.75, 3.05) is 58.4 Å². The zero-order valence-electron chi connectivity index (χ0n) is 54.5. The second kappa shape index (κ2) is 41.5. The van der Waals surface area contributed by atoms with Crippen LogP contribution >= 0.6 is 0 Å². The minimum atomic E-state index is -3.69. The number of nitrogens with one attached hydrogen (secondary N) is 12. The van der Waals surface area contributed by atoms with Gasteiger partial charge in [-0.3, -0.25) is 58.7 Å². The molecule has 11 amide bonds. The molecule has 0 saturated carbocycles. The highest BCUT2D eigenvalue weighted by Gasteiger charge is 2.36. The van der Waals surface area contributed by atoms with Crippen LogP contribution in [0.4, 0.5) is 0 Å². The van der Waals surface area contributed by atoms with Gasteiger partial charge in [0.05, 0.1) is 31.9 Å². The summed E-state index contributed by atoms with van der Waals surface area (Å²) in [4.78, 5) is 168. The van der Waals surface area contributed by atoms with Crippen molar-refractivity contribution in [3.63, 3.8) is 0 Å². The second-order valence-corrected chi connectivity index (χ2v) is 25.0. The highest BCUT2D eigenvalue weighted by atomic mass is 32.2. The van der Waals surface area contributed by atoms with E-state index in [1.54, 1.807) is 36.5 Å². The van der Waals surface area contributed by atoms with E-state index < -0.39 is 131 Å². The Kier molecular flexibility index (Phi) is 33.5. The molecule has 1 saturated heterocycles. The number of quaternary nitrogens is 1. The van der Waals surface area contributed by atoms with Crippen molar-refractivity contribution in [2.24, 2.45) is 27.3 Å². The number of nitrogens with zero attached hydrogens (tertiary/aromatic N) is 2. The number of hydrogen-bond acceptors (Lipinski definition) is 18. The number of aromatic nitrogens is 3. The van der Waals surface area contributed by atoms with Crippen LogP contribution in [0, 0.1) is 0 Å². The van der Waals surface area contributed by atoms with Gasteiger partial charge in [0.2, 0.25) is 69.1 Å². The Hall–Kier alpha value is -9.42. The Labute approximate surface area is 561 Å². The third-order valence-electron chi connectivity index (χ3n) is 15.5. The average molecular weight is 1380 g/mol. The number of sulfonamides is 1. The van der Waals surface area contributed by atoms with E-state index >= 15 is 0 Å². The number of H-pyrrole nitrogens is 2. The van der Waals surface area contributed by atoms with Gasteiger partial charge in [0, 0.05) is 87.3 Å². The van der Waals surface area contributed by atoms with Gasteiger partial charge in [-0.1, -0.05) is 68.3 Å². The van der Waals surface area contributed by atoms with Crippen LogP contribution in [0.1, 0.15) is 101 Å². The van der Waals surface area contributed by atoms with Crippen LogP contribution in [0.15, 0.2) is 78.3 Å². The number of carbonyl (C=O) groups is 11. The van der Waals surface area contributed by atoms with Gasteiger partial charge in [-0.05, 0) is 68.6 Å². The number of unbranched alkanes of at least 4 members (excludes halogenated alkanes) is 1. The number of amides is 11. The van der Waals surface area contributed by atoms with Crippen molar-refractivity contribution in [3.05, 3.63) is 90.1 Å². The molecule has 5 rings (SSSR count). The Morgan fingerprint density at radius 1 is 0.742 bits per heavy atom. The summed E-state index contributed by atoms with van der Waals surface area (Å²) in [5.74, 6) is -8.89. The van der Waals surface area contributed by atoms with Gasteiger partial charge in [0.25, 0.3) is 0 Å². The van der Waals surface area contributed by atoms with Crippen LogP contribution in [0.2, 0.25) is 0 Å². The number of carbonyl (C=O) groups excluding carboxylic acids is 11. The molecule has 4 aromatic rings. The normalized spacial score (nSPS) is 19.6. The van der Waals surface area contributed by atoms with Gasteiger partial charge in [-0.2, -0.15) is 0 Å². The lowest BCUT2D eigenvalue weighted by Crippen LogP contribution is -2.67. The quantitative estimate of drug-likeness (QED) is 0.0124. The summed E-state index contributed by atoms with van der Waals surface area (Å²) in [5.41, 5.74) is 23.4. The maximum Gasteiger partial charge on any atom is 0.331 e. The molecule has 2 aromatic carbocycles. The summed E-state index contributed by atoms with van der Waals surface area (Å²) in [6.07, 6.45) is 5.11. The standard InChI is InChI=1S/C62H93N19O15S/c1-2-3-16-44(76-60(91)49(32-40-35-68-37-73-40)74-53(84)36-96-28-27-95-26-25-70-51(82)20-12-29-97(67,93)94)55(86)78-46-21-22-52(83)69-23-10-9-18-43(54(64)85)75-59(90)48(31-39-34-72-42-17-8-7-15-41(39)42)80-56(87)45(19-11-24-71-62(65)66)77-58(89)47(30-38-13-5-4-6-14-38)79-61(92)50(33-63)81-57(46)88/h4-8,13-15,17,34-35,37,43-50,72H,2-3,9-12,16,18-33,36,63H2,1H3,(H2,64,85)(H,68,73)(H,69,83)(H,70,82)(H,74,84)(H,75,90)(H,76,91)(H,77,89)(H,78,86)(H,79,92)(H,80,87)(H,81,88)(H4,65,66,71)(H2,67,93,94)/p+1. The number of guanidine groups is 1. The summed E-state index contributed by atoms with van der Waals surface area (Å²) in [5, 5.41) is 32.5. The Bertz CT molecular complexity index is 3390. The Morgan fingerprint density at radius 2 is 1.42 bits per heavy atom. The lowest BCUT2D eigenvalue weighted by atomic mass is 10.0. The summed E-state index contributed by atoms with van der Waals surface area (Å²) >= 11 is 0. The molecule has 23 N–H and O–H groups in total. The van der Waals surface area contributed by atoms with Crippen molar-refractivity contribution < 1.29 is 76.4 Å². The lowest BCUT2D eigenvalue weighted by molar-refractivity contribution is -0.308. The second-order valence-electron chi connectivity index (χ2n) is 23.2. The number of fused-ring (bicyclic) bond motifs is 1. The largest absolute Gasteiger partial charge is 0.377 e. The van der Waals surface area contributed by atoms with Gasteiger partial charge in [0.15, 0.2) is 5.96 Å². The molecule has 532 valence electrons. The number of aromatic amines is 2. The molecule has 2 aromatic heterocycles. The summed E-state index contributed by atoms with van der Waals surface area (Å²) < 4.78 is 33.1. The van der Waals surface area contributed by atoms with Crippen LogP contribution in [-0.4, -0.2) is 201 Å². The Morgan fingerprint density at radius 3 is 2.12 bits per heavy atom. The Balaban J connectivity index is 1.37. The molecule has 8 atom stereocenters. The minimum absolute atomic E-state index is 0.0204. The minimum Gasteiger partial charge on any atom is -0.377 e. The lowest BCUT2D eigenvalue weighted by Gasteiger charge is -2.28. The zero-order chi connectivity index (χ0) is 70.7. The fraction of sp³-hybridized carbons (Fsp3) is 0.532. The van der Waals surface area contributed by atoms with Gasteiger partial charge >= 0.3 is 5.91 Å². The fourth-order valence-corrected chi connectivity index (χ4v) is 10.8. The van der Waals surface area contributed by atoms with E-state index in [-0.39, 0.29) is 134 Å². The van der Waals surface area contributed by atoms with Gasteiger partial charge < -0.3 is 89.8 Å². The van der Waals surface area contributed by atoms with E-state index in [1.807, 2.05) is 31.2 Å². The molecule has 34 nitrogen and oxygen atoms in total. The molecule has 1 aliphatic rings. The maximum absolute atomic E-state index is 14.7. The van der Waals surface area contributed by atoms with E-state index in [0.29, 0.717) is 36.1 Å². The first-order valence-corrected chi connectivity index (χ1v) is 33.9. The van der Waals surface area contributed by atoms with E-state index in [9.17, 15) is 61.2 Å². The topological polar surface area (TPSA) is 549 Å². The first-order chi connectivity index (χ1) is 46.4. The van der Waals surface area contributed by atoms with E-state index in [1.165, 1.54) is 12.5 Å². The highest BCUT2D eigenvalue weighted by molar-refractivity contribution is 7.89. The number of ether oxygens (including phenoxy) is 2. The molecular formula is C62H94N19O15S+. The van der Waals surface area contributed by atoms with Crippen LogP contribution in [0.3, 0.4) is 0 Å². The van der Waals surface area contributed by atoms with Gasteiger partial charge in [-0.15, -0.1) is 0 Å². The molecule has 0 bridgehead atoms. The summed E-state index contributed by atoms with van der Waals surface area (Å²) in [6.45, 7) is 1.05. The third kappa shape index (κ3) is 29.2. The van der Waals surface area contributed by atoms with Crippen LogP contribution in [0.5, 0.6) is 0 Å². The number of aliphatic imine (C=N–C) groups is 1. The smallest absolute Gasteiger partial charge is 0.331 e. The van der Waals surface area contributed by atoms with Crippen LogP contribution in [0.25, 0.3) is 10.9 Å². The predicted octanol–water partition coefficient (Wildman–Crippen LogP) is -4.93. The predicted molar refractivity (Wildman–Crippen MR) is 354 cm³/mol. The molecule has 0 radical (unpaired) electrons. The number of imidazole rings is 1. The highest BCUT2D eigenvalue weighted by Crippen LogP contribution is 2.20. The first kappa shape index (κ1) is 78.3. The number of nitrogens with two attached hydrogens (primary N) is 4. The first-order valence-electron chi connectivity index (χ1n) is 32.2. The maximum atomic E-state index is 14.7. The molecule has 97 heavy (non-hydrogen) atoms. The van der Waals surface area contributed by atoms with E-state index in [2.05, 4.69) is 78.8 Å². The molecule has 0 spiro atoms. The van der Waals surface area contributed by atoms with E-state index in [4.69, 9.17) is 31.8 Å². The van der Waals surface area contributed by atoms with Crippen molar-refractivity contribution in [3.8, 4) is 0 Å². The number of para-hydroxylation sites is 1. The summed E-state index contributed by atoms with van der Waals surface area (Å²) in [6, 6.07) is 4.71. The number of hydrogen-bond donors (Lipinski definition) is 17. The van der Waals surface area contributed by atoms with Crippen molar-refractivity contribution in [2.45, 2.75) is 152 Å². The fourth-order valence-electron chi connectivity index (χ4n) is 10.3. The monoisotopic (exact) mass is 1380 g/mol. The van der Waals surface area contributed by atoms with Crippen LogP contribution in [-0.2, 0) is 91.5 Å². The summed E-state index contributed by atoms with van der Waals surface area (Å²) in [7, 11) is -3.69. The molecule has 8 unspecified atom stereocenters. The third-order valence-corrected chi connectivity index (χ3v) is 16.3. The van der Waals surface area contributed by atoms with Gasteiger partial charge in [-0.25, -0.2) is 23.3 Å². The molecule has 1 fully saturated rings. The molecular weight excluding hydrogens is 1280 g/mol. The van der Waals surface area contributed by atoms with Crippen molar-refractivity contribution >= 4 is 91.9 Å². The van der Waals surface area contributed by atoms with Crippen LogP contribution < -0.4 is 81.2 Å². The van der Waals surface area contributed by atoms with Crippen molar-refractivity contribution in [1.29, 1.82) is 0 Å².